The van der Waals surface area contributed by atoms with Crippen molar-refractivity contribution in [1.82, 2.24) is 19.9 Å². The van der Waals surface area contributed by atoms with Crippen molar-refractivity contribution in [1.29, 1.82) is 0 Å². The van der Waals surface area contributed by atoms with Crippen LogP contribution in [0.5, 0.6) is 0 Å². The Balaban J connectivity index is 1.42. The summed E-state index contributed by atoms with van der Waals surface area (Å²) in [5.41, 5.74) is 2.17. The first-order valence-corrected chi connectivity index (χ1v) is 13.8. The highest BCUT2D eigenvalue weighted by atomic mass is 32.2. The minimum Gasteiger partial charge on any atom is -0.286 e. The maximum Gasteiger partial charge on any atom is 0.416 e. The third-order valence-corrected chi connectivity index (χ3v) is 7.50. The Labute approximate surface area is 229 Å². The Bertz CT molecular complexity index is 1660. The molecule has 0 radical (unpaired) electrons. The van der Waals surface area contributed by atoms with Crippen molar-refractivity contribution in [3.63, 3.8) is 0 Å². The molecule has 2 aromatic carbocycles. The van der Waals surface area contributed by atoms with Gasteiger partial charge in [-0.15, -0.1) is 0 Å². The first kappa shape index (κ1) is 27.2. The van der Waals surface area contributed by atoms with Crippen LogP contribution in [0.3, 0.4) is 0 Å². The van der Waals surface area contributed by atoms with E-state index < -0.39 is 21.8 Å². The molecule has 0 aliphatic carbocycles. The Morgan fingerprint density at radius 3 is 1.90 bits per heavy atom. The fraction of sp³-hybridized carbons (Fsp3) is 0.138. The van der Waals surface area contributed by atoms with Gasteiger partial charge in [0.1, 0.15) is 0 Å². The topological polar surface area (TPSA) is 88.1 Å². The van der Waals surface area contributed by atoms with Crippen molar-refractivity contribution in [3.8, 4) is 0 Å². The number of benzene rings is 2. The Morgan fingerprint density at radius 1 is 0.700 bits per heavy atom. The first-order chi connectivity index (χ1) is 19.2. The predicted octanol–water partition coefficient (Wildman–Crippen LogP) is 6.05. The number of hydrogen-bond donors (Lipinski definition) is 1. The van der Waals surface area contributed by atoms with Crippen molar-refractivity contribution in [2.45, 2.75) is 30.7 Å². The van der Waals surface area contributed by atoms with Gasteiger partial charge in [-0.25, -0.2) is 13.4 Å². The normalized spacial score (nSPS) is 12.1. The molecule has 0 unspecified atom stereocenters. The molecule has 7 nitrogen and oxygen atoms in total. The van der Waals surface area contributed by atoms with E-state index in [0.29, 0.717) is 36.2 Å². The quantitative estimate of drug-likeness (QED) is 0.235. The summed E-state index contributed by atoms with van der Waals surface area (Å²) in [7, 11) is -4.17. The van der Waals surface area contributed by atoms with Crippen LogP contribution in [0.15, 0.2) is 108 Å². The molecular weight excluding hydrogens is 539 g/mol. The summed E-state index contributed by atoms with van der Waals surface area (Å²) in [5.74, 6) is 0. The third-order valence-electron chi connectivity index (χ3n) is 6.12. The molecule has 5 rings (SSSR count). The predicted molar refractivity (Wildman–Crippen MR) is 145 cm³/mol. The molecule has 0 saturated heterocycles. The van der Waals surface area contributed by atoms with Crippen LogP contribution in [0.25, 0.3) is 10.9 Å². The summed E-state index contributed by atoms with van der Waals surface area (Å²) in [5, 5.41) is 0.706. The zero-order chi connectivity index (χ0) is 28.2. The van der Waals surface area contributed by atoms with Crippen LogP contribution in [-0.2, 0) is 35.8 Å². The molecule has 40 heavy (non-hydrogen) atoms. The van der Waals surface area contributed by atoms with E-state index in [2.05, 4.69) is 19.6 Å². The Hall–Kier alpha value is -4.35. The first-order valence-electron chi connectivity index (χ1n) is 12.3. The highest BCUT2D eigenvalue weighted by Crippen LogP contribution is 2.31. The molecule has 0 fully saturated rings. The second-order valence-corrected chi connectivity index (χ2v) is 10.8. The van der Waals surface area contributed by atoms with Crippen molar-refractivity contribution in [3.05, 3.63) is 126 Å². The number of alkyl halides is 3. The molecule has 0 aliphatic rings. The second kappa shape index (κ2) is 11.4. The molecule has 0 amide bonds. The van der Waals surface area contributed by atoms with Crippen LogP contribution >= 0.6 is 0 Å². The zero-order valence-corrected chi connectivity index (χ0v) is 21.9. The third kappa shape index (κ3) is 6.61. The molecule has 0 atom stereocenters. The molecule has 5 aromatic rings. The summed E-state index contributed by atoms with van der Waals surface area (Å²) in [6.07, 6.45) is -1.10. The zero-order valence-electron chi connectivity index (χ0n) is 21.1. The minimum atomic E-state index is -4.56. The number of halogens is 3. The molecule has 0 aliphatic heterocycles. The lowest BCUT2D eigenvalue weighted by atomic mass is 10.1. The lowest BCUT2D eigenvalue weighted by Crippen LogP contribution is -2.24. The molecular formula is C29H24F3N5O2S. The number of pyridine rings is 3. The minimum absolute atomic E-state index is 0.222. The fourth-order valence-corrected chi connectivity index (χ4v) is 5.29. The van der Waals surface area contributed by atoms with Crippen LogP contribution in [0.4, 0.5) is 18.9 Å². The van der Waals surface area contributed by atoms with Crippen molar-refractivity contribution >= 4 is 26.6 Å². The average molecular weight is 564 g/mol. The van der Waals surface area contributed by atoms with E-state index in [4.69, 9.17) is 4.98 Å². The number of nitrogens with zero attached hydrogens (tertiary/aromatic N) is 4. The maximum atomic E-state index is 13.0. The van der Waals surface area contributed by atoms with E-state index in [1.54, 1.807) is 24.5 Å². The van der Waals surface area contributed by atoms with Gasteiger partial charge in [-0.05, 0) is 60.7 Å². The molecule has 3 aromatic heterocycles. The van der Waals surface area contributed by atoms with Gasteiger partial charge in [0.15, 0.2) is 0 Å². The highest BCUT2D eigenvalue weighted by molar-refractivity contribution is 7.92. The van der Waals surface area contributed by atoms with Gasteiger partial charge in [-0.3, -0.25) is 19.6 Å². The van der Waals surface area contributed by atoms with Gasteiger partial charge in [0, 0.05) is 37.4 Å². The average Bonchev–Trinajstić information content (AvgIpc) is 2.94. The van der Waals surface area contributed by atoms with Gasteiger partial charge in [0.05, 0.1) is 38.7 Å². The van der Waals surface area contributed by atoms with Crippen LogP contribution in [0.2, 0.25) is 0 Å². The number of fused-ring (bicyclic) bond motifs is 1. The van der Waals surface area contributed by atoms with Gasteiger partial charge in [-0.1, -0.05) is 30.3 Å². The molecule has 0 saturated carbocycles. The van der Waals surface area contributed by atoms with Crippen LogP contribution in [-0.4, -0.2) is 28.3 Å². The van der Waals surface area contributed by atoms with Gasteiger partial charge in [0.2, 0.25) is 0 Å². The number of hydrogen-bond acceptors (Lipinski definition) is 6. The van der Waals surface area contributed by atoms with Crippen molar-refractivity contribution < 1.29 is 21.6 Å². The SMILES string of the molecule is O=S(=O)(Nc1cccc2ccc(CN(Cc3ccccn3)Cc3ccccn3)nc12)c1ccc(C(F)(F)F)cc1. The maximum absolute atomic E-state index is 13.0. The van der Waals surface area contributed by atoms with Gasteiger partial charge in [0.25, 0.3) is 10.0 Å². The molecule has 0 bridgehead atoms. The van der Waals surface area contributed by atoms with E-state index in [1.165, 1.54) is 0 Å². The molecule has 11 heteroatoms. The standard InChI is InChI=1S/C29H24F3N5O2S/c30-29(31,32)22-11-14-26(15-12-22)40(38,39)36-27-9-5-6-21-10-13-25(35-28(21)27)20-37(18-23-7-1-3-16-33-23)19-24-8-2-4-17-34-24/h1-17,36H,18-20H2. The Morgan fingerprint density at radius 2 is 1.32 bits per heavy atom. The lowest BCUT2D eigenvalue weighted by molar-refractivity contribution is -0.137. The van der Waals surface area contributed by atoms with E-state index in [1.807, 2.05) is 54.6 Å². The van der Waals surface area contributed by atoms with Crippen LogP contribution in [0, 0.1) is 0 Å². The van der Waals surface area contributed by atoms with Crippen LogP contribution in [0.1, 0.15) is 22.6 Å². The van der Waals surface area contributed by atoms with Crippen molar-refractivity contribution in [2.75, 3.05) is 4.72 Å². The fourth-order valence-electron chi connectivity index (χ4n) is 4.22. The largest absolute Gasteiger partial charge is 0.416 e. The van der Waals surface area contributed by atoms with E-state index >= 15 is 0 Å². The van der Waals surface area contributed by atoms with Gasteiger partial charge >= 0.3 is 6.18 Å². The summed E-state index contributed by atoms with van der Waals surface area (Å²) in [6, 6.07) is 23.6. The summed E-state index contributed by atoms with van der Waals surface area (Å²) in [4.78, 5) is 15.5. The van der Waals surface area contributed by atoms with Crippen molar-refractivity contribution in [2.24, 2.45) is 0 Å². The number of nitrogens with one attached hydrogen (secondary N) is 1. The monoisotopic (exact) mass is 563 g/mol. The van der Waals surface area contributed by atoms with E-state index in [9.17, 15) is 21.6 Å². The number of aromatic nitrogens is 3. The summed E-state index contributed by atoms with van der Waals surface area (Å²) >= 11 is 0. The molecule has 0 spiro atoms. The summed E-state index contributed by atoms with van der Waals surface area (Å²) < 4.78 is 67.3. The molecule has 1 N–H and O–H groups in total. The number of anilines is 1. The Kier molecular flexibility index (Phi) is 7.76. The van der Waals surface area contributed by atoms with Crippen LogP contribution < -0.4 is 4.72 Å². The smallest absolute Gasteiger partial charge is 0.286 e. The molecule has 204 valence electrons. The highest BCUT2D eigenvalue weighted by Gasteiger charge is 2.30. The van der Waals surface area contributed by atoms with Gasteiger partial charge in [-0.2, -0.15) is 13.2 Å². The number of rotatable bonds is 9. The number of para-hydroxylation sites is 1. The lowest BCUT2D eigenvalue weighted by Gasteiger charge is -2.21. The summed E-state index contributed by atoms with van der Waals surface area (Å²) in [6.45, 7) is 1.52. The van der Waals surface area contributed by atoms with E-state index in [0.717, 1.165) is 35.7 Å². The van der Waals surface area contributed by atoms with Gasteiger partial charge < -0.3 is 0 Å². The second-order valence-electron chi connectivity index (χ2n) is 9.09. The number of sulfonamides is 1. The molecule has 3 heterocycles. The van der Waals surface area contributed by atoms with E-state index in [-0.39, 0.29) is 10.6 Å².